The summed E-state index contributed by atoms with van der Waals surface area (Å²) in [7, 11) is 1.61. The number of amides is 1. The highest BCUT2D eigenvalue weighted by atomic mass is 16.5. The summed E-state index contributed by atoms with van der Waals surface area (Å²) in [6, 6.07) is 5.85. The average Bonchev–Trinajstić information content (AvgIpc) is 2.45. The molecule has 0 radical (unpaired) electrons. The first-order valence-corrected chi connectivity index (χ1v) is 5.47. The Morgan fingerprint density at radius 2 is 2.25 bits per heavy atom. The Balaban J connectivity index is 2.33. The Hall–Kier alpha value is -1.71. The zero-order chi connectivity index (χ0) is 11.5. The molecule has 1 aromatic rings. The number of hydrogen-bond acceptors (Lipinski definition) is 3. The third kappa shape index (κ3) is 2.10. The van der Waals surface area contributed by atoms with Crippen LogP contribution in [0.25, 0.3) is 0 Å². The van der Waals surface area contributed by atoms with Gasteiger partial charge >= 0.3 is 0 Å². The van der Waals surface area contributed by atoms with E-state index in [-0.39, 0.29) is 11.9 Å². The number of anilines is 2. The van der Waals surface area contributed by atoms with Gasteiger partial charge in [0.15, 0.2) is 0 Å². The Kier molecular flexibility index (Phi) is 2.99. The molecule has 1 aromatic carbocycles. The van der Waals surface area contributed by atoms with Crippen LogP contribution in [0.4, 0.5) is 11.4 Å². The van der Waals surface area contributed by atoms with Crippen molar-refractivity contribution in [3.63, 3.8) is 0 Å². The van der Waals surface area contributed by atoms with Gasteiger partial charge in [0.25, 0.3) is 0 Å². The van der Waals surface area contributed by atoms with Gasteiger partial charge in [-0.15, -0.1) is 0 Å². The first-order valence-electron chi connectivity index (χ1n) is 5.47. The molecule has 2 rings (SSSR count). The molecule has 4 nitrogen and oxygen atoms in total. The number of nitrogens with one attached hydrogen (secondary N) is 2. The smallest absolute Gasteiger partial charge is 0.226 e. The Morgan fingerprint density at radius 1 is 1.44 bits per heavy atom. The van der Waals surface area contributed by atoms with Crippen LogP contribution in [-0.2, 0) is 4.79 Å². The first-order chi connectivity index (χ1) is 7.72. The molecule has 16 heavy (non-hydrogen) atoms. The van der Waals surface area contributed by atoms with E-state index >= 15 is 0 Å². The van der Waals surface area contributed by atoms with Crippen LogP contribution >= 0.6 is 0 Å². The molecule has 1 amide bonds. The lowest BCUT2D eigenvalue weighted by molar-refractivity contribution is -0.116. The molecule has 1 aliphatic heterocycles. The number of methoxy groups -OCH3 is 1. The minimum absolute atomic E-state index is 0.0475. The minimum Gasteiger partial charge on any atom is -0.497 e. The standard InChI is InChI=1S/C12H16N2O2/c1-3-8-6-12(15)14-11-7-9(16-2)4-5-10(11)13-8/h4-5,7-8,13H,3,6H2,1-2H3,(H,14,15). The molecule has 1 atom stereocenters. The van der Waals surface area contributed by atoms with Crippen LogP contribution in [0, 0.1) is 0 Å². The summed E-state index contributed by atoms with van der Waals surface area (Å²) < 4.78 is 5.13. The van der Waals surface area contributed by atoms with Crippen LogP contribution in [0.1, 0.15) is 19.8 Å². The fourth-order valence-corrected chi connectivity index (χ4v) is 1.82. The molecule has 0 saturated carbocycles. The van der Waals surface area contributed by atoms with E-state index in [1.165, 1.54) is 0 Å². The minimum atomic E-state index is 0.0475. The van der Waals surface area contributed by atoms with E-state index in [2.05, 4.69) is 17.6 Å². The van der Waals surface area contributed by atoms with Crippen molar-refractivity contribution in [1.29, 1.82) is 0 Å². The van der Waals surface area contributed by atoms with E-state index in [9.17, 15) is 4.79 Å². The molecule has 2 N–H and O–H groups in total. The Morgan fingerprint density at radius 3 is 2.94 bits per heavy atom. The van der Waals surface area contributed by atoms with E-state index in [0.717, 1.165) is 23.5 Å². The summed E-state index contributed by atoms with van der Waals surface area (Å²) in [6.45, 7) is 2.07. The zero-order valence-electron chi connectivity index (χ0n) is 9.54. The van der Waals surface area contributed by atoms with Crippen molar-refractivity contribution in [2.75, 3.05) is 17.7 Å². The van der Waals surface area contributed by atoms with Gasteiger partial charge in [-0.05, 0) is 18.6 Å². The lowest BCUT2D eigenvalue weighted by Crippen LogP contribution is -2.21. The van der Waals surface area contributed by atoms with Gasteiger partial charge in [-0.2, -0.15) is 0 Å². The summed E-state index contributed by atoms with van der Waals surface area (Å²) in [5.74, 6) is 0.794. The topological polar surface area (TPSA) is 50.4 Å². The first kappa shape index (κ1) is 10.8. The molecule has 0 aliphatic carbocycles. The predicted octanol–water partition coefficient (Wildman–Crippen LogP) is 2.23. The van der Waals surface area contributed by atoms with Crippen molar-refractivity contribution in [1.82, 2.24) is 0 Å². The molecule has 1 unspecified atom stereocenters. The maximum Gasteiger partial charge on any atom is 0.226 e. The lowest BCUT2D eigenvalue weighted by Gasteiger charge is -2.14. The van der Waals surface area contributed by atoms with Crippen LogP contribution < -0.4 is 15.4 Å². The molecular weight excluding hydrogens is 204 g/mol. The molecule has 0 saturated heterocycles. The normalized spacial score (nSPS) is 19.1. The summed E-state index contributed by atoms with van der Waals surface area (Å²) in [4.78, 5) is 11.6. The van der Waals surface area contributed by atoms with Gasteiger partial charge < -0.3 is 15.4 Å². The molecular formula is C12H16N2O2. The van der Waals surface area contributed by atoms with Crippen LogP contribution in [0.5, 0.6) is 5.75 Å². The molecule has 0 spiro atoms. The molecule has 0 fully saturated rings. The number of ether oxygens (including phenoxy) is 1. The second kappa shape index (κ2) is 4.43. The largest absolute Gasteiger partial charge is 0.497 e. The third-order valence-corrected chi connectivity index (χ3v) is 2.79. The quantitative estimate of drug-likeness (QED) is 0.803. The summed E-state index contributed by atoms with van der Waals surface area (Å²) in [5, 5.41) is 6.23. The Labute approximate surface area is 95.0 Å². The molecule has 0 aromatic heterocycles. The molecule has 1 aliphatic rings. The molecule has 4 heteroatoms. The number of hydrogen-bond donors (Lipinski definition) is 2. The lowest BCUT2D eigenvalue weighted by atomic mass is 10.1. The van der Waals surface area contributed by atoms with E-state index in [1.54, 1.807) is 7.11 Å². The van der Waals surface area contributed by atoms with Crippen molar-refractivity contribution in [3.05, 3.63) is 18.2 Å². The average molecular weight is 220 g/mol. The van der Waals surface area contributed by atoms with E-state index in [0.29, 0.717) is 6.42 Å². The SMILES string of the molecule is CCC1CC(=O)Nc2cc(OC)ccc2N1. The molecule has 0 bridgehead atoms. The number of fused-ring (bicyclic) bond motifs is 1. The second-order valence-electron chi connectivity index (χ2n) is 3.91. The fourth-order valence-electron chi connectivity index (χ4n) is 1.82. The van der Waals surface area contributed by atoms with Gasteiger partial charge in [-0.3, -0.25) is 4.79 Å². The summed E-state index contributed by atoms with van der Waals surface area (Å²) >= 11 is 0. The van der Waals surface area contributed by atoms with Crippen molar-refractivity contribution < 1.29 is 9.53 Å². The van der Waals surface area contributed by atoms with Crippen molar-refractivity contribution >= 4 is 17.3 Å². The van der Waals surface area contributed by atoms with Gasteiger partial charge in [0.1, 0.15) is 5.75 Å². The number of carbonyl (C=O) groups excluding carboxylic acids is 1. The monoisotopic (exact) mass is 220 g/mol. The van der Waals surface area contributed by atoms with Crippen molar-refractivity contribution in [2.24, 2.45) is 0 Å². The van der Waals surface area contributed by atoms with E-state index in [1.807, 2.05) is 18.2 Å². The van der Waals surface area contributed by atoms with Crippen LogP contribution in [-0.4, -0.2) is 19.1 Å². The highest BCUT2D eigenvalue weighted by Crippen LogP contribution is 2.30. The van der Waals surface area contributed by atoms with Gasteiger partial charge in [-0.25, -0.2) is 0 Å². The highest BCUT2D eigenvalue weighted by molar-refractivity contribution is 5.96. The maximum atomic E-state index is 11.6. The van der Waals surface area contributed by atoms with Crippen molar-refractivity contribution in [2.45, 2.75) is 25.8 Å². The van der Waals surface area contributed by atoms with Crippen molar-refractivity contribution in [3.8, 4) is 5.75 Å². The number of carbonyl (C=O) groups is 1. The van der Waals surface area contributed by atoms with Crippen LogP contribution in [0.15, 0.2) is 18.2 Å². The predicted molar refractivity (Wildman–Crippen MR) is 63.9 cm³/mol. The van der Waals surface area contributed by atoms with Gasteiger partial charge in [0.05, 0.1) is 18.5 Å². The van der Waals surface area contributed by atoms with Crippen LogP contribution in [0.2, 0.25) is 0 Å². The van der Waals surface area contributed by atoms with Gasteiger partial charge in [-0.1, -0.05) is 6.92 Å². The highest BCUT2D eigenvalue weighted by Gasteiger charge is 2.19. The Bertz CT molecular complexity index is 404. The second-order valence-corrected chi connectivity index (χ2v) is 3.91. The van der Waals surface area contributed by atoms with Crippen LogP contribution in [0.3, 0.4) is 0 Å². The third-order valence-electron chi connectivity index (χ3n) is 2.79. The number of benzene rings is 1. The molecule has 1 heterocycles. The summed E-state index contributed by atoms with van der Waals surface area (Å²) in [5.41, 5.74) is 1.75. The summed E-state index contributed by atoms with van der Waals surface area (Å²) in [6.07, 6.45) is 1.44. The zero-order valence-corrected chi connectivity index (χ0v) is 9.54. The van der Waals surface area contributed by atoms with E-state index < -0.39 is 0 Å². The maximum absolute atomic E-state index is 11.6. The number of rotatable bonds is 2. The molecule has 86 valence electrons. The fraction of sp³-hybridized carbons (Fsp3) is 0.417. The van der Waals surface area contributed by atoms with E-state index in [4.69, 9.17) is 4.74 Å². The van der Waals surface area contributed by atoms with Gasteiger partial charge in [0.2, 0.25) is 5.91 Å². The van der Waals surface area contributed by atoms with Gasteiger partial charge in [0, 0.05) is 18.5 Å².